The summed E-state index contributed by atoms with van der Waals surface area (Å²) in [7, 11) is -3.48. The highest BCUT2D eigenvalue weighted by Gasteiger charge is 2.30. The molecule has 2 aromatic carbocycles. The van der Waals surface area contributed by atoms with Crippen molar-refractivity contribution in [3.8, 4) is 0 Å². The minimum atomic E-state index is -3.48. The van der Waals surface area contributed by atoms with Crippen LogP contribution in [0, 0.1) is 6.92 Å². The summed E-state index contributed by atoms with van der Waals surface area (Å²) in [6.45, 7) is 2.73. The van der Waals surface area contributed by atoms with Gasteiger partial charge in [0.2, 0.25) is 10.0 Å². The summed E-state index contributed by atoms with van der Waals surface area (Å²) in [6, 6.07) is 14.7. The fourth-order valence-electron chi connectivity index (χ4n) is 4.03. The SMILES string of the molecule is Cc1ccc(S(=O)(=O)N2CCC(NC(=O)Nc3ccc(C4CCC4)cc3)CC2)cc1. The maximum Gasteiger partial charge on any atom is 0.319 e. The number of nitrogens with one attached hydrogen (secondary N) is 2. The van der Waals surface area contributed by atoms with Gasteiger partial charge in [-0.25, -0.2) is 13.2 Å². The Kier molecular flexibility index (Phi) is 6.11. The maximum atomic E-state index is 12.8. The van der Waals surface area contributed by atoms with Gasteiger partial charge >= 0.3 is 6.03 Å². The number of benzene rings is 2. The van der Waals surface area contributed by atoms with E-state index in [2.05, 4.69) is 22.8 Å². The quantitative estimate of drug-likeness (QED) is 0.749. The zero-order valence-electron chi connectivity index (χ0n) is 17.3. The van der Waals surface area contributed by atoms with Gasteiger partial charge in [0.15, 0.2) is 0 Å². The van der Waals surface area contributed by atoms with Crippen molar-refractivity contribution < 1.29 is 13.2 Å². The first-order chi connectivity index (χ1) is 14.4. The summed E-state index contributed by atoms with van der Waals surface area (Å²) in [6.07, 6.45) is 5.01. The van der Waals surface area contributed by atoms with Gasteiger partial charge in [-0.3, -0.25) is 0 Å². The molecule has 2 amide bonds. The van der Waals surface area contributed by atoms with Crippen LogP contribution in [0.25, 0.3) is 0 Å². The molecule has 1 heterocycles. The Bertz CT molecular complexity index is 975. The highest BCUT2D eigenvalue weighted by atomic mass is 32.2. The number of carbonyl (C=O) groups excluding carboxylic acids is 1. The summed E-state index contributed by atoms with van der Waals surface area (Å²) < 4.78 is 27.1. The predicted molar refractivity (Wildman–Crippen MR) is 118 cm³/mol. The first-order valence-electron chi connectivity index (χ1n) is 10.7. The van der Waals surface area contributed by atoms with Crippen LogP contribution < -0.4 is 10.6 Å². The zero-order valence-corrected chi connectivity index (χ0v) is 18.1. The number of nitrogens with zero attached hydrogens (tertiary/aromatic N) is 1. The van der Waals surface area contributed by atoms with Gasteiger partial charge in [0.1, 0.15) is 0 Å². The van der Waals surface area contributed by atoms with Crippen molar-refractivity contribution >= 4 is 21.7 Å². The molecule has 1 saturated carbocycles. The fraction of sp³-hybridized carbons (Fsp3) is 0.435. The van der Waals surface area contributed by atoms with Gasteiger partial charge in [0, 0.05) is 24.8 Å². The van der Waals surface area contributed by atoms with Crippen LogP contribution in [-0.4, -0.2) is 37.9 Å². The molecule has 0 bridgehead atoms. The van der Waals surface area contributed by atoms with E-state index in [-0.39, 0.29) is 12.1 Å². The van der Waals surface area contributed by atoms with Crippen molar-refractivity contribution in [1.29, 1.82) is 0 Å². The lowest BCUT2D eigenvalue weighted by Crippen LogP contribution is -2.47. The Hall–Kier alpha value is -2.38. The number of amides is 2. The Morgan fingerprint density at radius 1 is 0.933 bits per heavy atom. The second kappa shape index (κ2) is 8.78. The molecular weight excluding hydrogens is 398 g/mol. The molecule has 2 fully saturated rings. The standard InChI is InChI=1S/C23H29N3O3S/c1-17-5-11-22(12-6-17)30(28,29)26-15-13-21(14-16-26)25-23(27)24-20-9-7-19(8-10-20)18-3-2-4-18/h5-12,18,21H,2-4,13-16H2,1H3,(H2,24,25,27). The number of urea groups is 1. The molecule has 1 aliphatic carbocycles. The third kappa shape index (κ3) is 4.68. The zero-order chi connectivity index (χ0) is 21.1. The largest absolute Gasteiger partial charge is 0.335 e. The topological polar surface area (TPSA) is 78.5 Å². The molecule has 6 nitrogen and oxygen atoms in total. The lowest BCUT2D eigenvalue weighted by molar-refractivity contribution is 0.238. The summed E-state index contributed by atoms with van der Waals surface area (Å²) in [5.41, 5.74) is 3.14. The average molecular weight is 428 g/mol. The van der Waals surface area contributed by atoms with Gasteiger partial charge in [-0.15, -0.1) is 0 Å². The first-order valence-corrected chi connectivity index (χ1v) is 12.1. The first kappa shape index (κ1) is 20.9. The Balaban J connectivity index is 1.27. The average Bonchev–Trinajstić information content (AvgIpc) is 2.69. The number of aryl methyl sites for hydroxylation is 1. The molecule has 4 rings (SSSR count). The Morgan fingerprint density at radius 3 is 2.13 bits per heavy atom. The van der Waals surface area contributed by atoms with Gasteiger partial charge in [-0.1, -0.05) is 36.2 Å². The number of anilines is 1. The van der Waals surface area contributed by atoms with E-state index in [0.29, 0.717) is 36.7 Å². The predicted octanol–water partition coefficient (Wildman–Crippen LogP) is 4.24. The van der Waals surface area contributed by atoms with Crippen molar-refractivity contribution in [3.63, 3.8) is 0 Å². The molecule has 1 aliphatic heterocycles. The van der Waals surface area contributed by atoms with Gasteiger partial charge < -0.3 is 10.6 Å². The third-order valence-electron chi connectivity index (χ3n) is 6.19. The molecule has 2 aliphatic rings. The second-order valence-electron chi connectivity index (χ2n) is 8.34. The van der Waals surface area contributed by atoms with Crippen LogP contribution in [-0.2, 0) is 10.0 Å². The van der Waals surface area contributed by atoms with Crippen molar-refractivity contribution in [3.05, 3.63) is 59.7 Å². The summed E-state index contributed by atoms with van der Waals surface area (Å²) in [5.74, 6) is 0.675. The normalized spacial score (nSPS) is 18.6. The number of piperidine rings is 1. The molecule has 30 heavy (non-hydrogen) atoms. The van der Waals surface area contributed by atoms with E-state index >= 15 is 0 Å². The van der Waals surface area contributed by atoms with E-state index in [4.69, 9.17) is 0 Å². The van der Waals surface area contributed by atoms with Crippen molar-refractivity contribution in [2.45, 2.75) is 55.9 Å². The van der Waals surface area contributed by atoms with Crippen LogP contribution in [0.15, 0.2) is 53.4 Å². The van der Waals surface area contributed by atoms with Crippen LogP contribution in [0.4, 0.5) is 10.5 Å². The highest BCUT2D eigenvalue weighted by Crippen LogP contribution is 2.36. The summed E-state index contributed by atoms with van der Waals surface area (Å²) in [4.78, 5) is 12.7. The van der Waals surface area contributed by atoms with Crippen molar-refractivity contribution in [2.75, 3.05) is 18.4 Å². The molecule has 160 valence electrons. The summed E-state index contributed by atoms with van der Waals surface area (Å²) >= 11 is 0. The second-order valence-corrected chi connectivity index (χ2v) is 10.3. The van der Waals surface area contributed by atoms with E-state index < -0.39 is 10.0 Å². The van der Waals surface area contributed by atoms with Crippen LogP contribution in [0.2, 0.25) is 0 Å². The lowest BCUT2D eigenvalue weighted by atomic mass is 9.80. The van der Waals surface area contributed by atoms with E-state index in [1.807, 2.05) is 31.2 Å². The lowest BCUT2D eigenvalue weighted by Gasteiger charge is -2.31. The van der Waals surface area contributed by atoms with Gasteiger partial charge in [-0.2, -0.15) is 4.31 Å². The molecule has 0 spiro atoms. The number of rotatable bonds is 5. The highest BCUT2D eigenvalue weighted by molar-refractivity contribution is 7.89. The third-order valence-corrected chi connectivity index (χ3v) is 8.11. The van der Waals surface area contributed by atoms with Crippen LogP contribution in [0.1, 0.15) is 49.1 Å². The molecule has 0 unspecified atom stereocenters. The Labute approximate surface area is 178 Å². The number of hydrogen-bond acceptors (Lipinski definition) is 3. The smallest absolute Gasteiger partial charge is 0.319 e. The van der Waals surface area contributed by atoms with E-state index in [0.717, 1.165) is 11.3 Å². The number of carbonyl (C=O) groups is 1. The number of hydrogen-bond donors (Lipinski definition) is 2. The van der Waals surface area contributed by atoms with Crippen LogP contribution in [0.3, 0.4) is 0 Å². The van der Waals surface area contributed by atoms with E-state index in [9.17, 15) is 13.2 Å². The van der Waals surface area contributed by atoms with Crippen LogP contribution in [0.5, 0.6) is 0 Å². The molecule has 1 saturated heterocycles. The monoisotopic (exact) mass is 427 g/mol. The Morgan fingerprint density at radius 2 is 1.57 bits per heavy atom. The molecule has 2 aromatic rings. The van der Waals surface area contributed by atoms with Gasteiger partial charge in [-0.05, 0) is 68.4 Å². The van der Waals surface area contributed by atoms with E-state index in [1.54, 1.807) is 12.1 Å². The fourth-order valence-corrected chi connectivity index (χ4v) is 5.50. The van der Waals surface area contributed by atoms with Crippen molar-refractivity contribution in [1.82, 2.24) is 9.62 Å². The minimum Gasteiger partial charge on any atom is -0.335 e. The van der Waals surface area contributed by atoms with Gasteiger partial charge in [0.05, 0.1) is 4.90 Å². The molecule has 2 N–H and O–H groups in total. The van der Waals surface area contributed by atoms with Crippen LogP contribution >= 0.6 is 0 Å². The number of sulfonamides is 1. The summed E-state index contributed by atoms with van der Waals surface area (Å²) in [5, 5.41) is 5.86. The molecule has 0 radical (unpaired) electrons. The molecule has 7 heteroatoms. The molecule has 0 atom stereocenters. The van der Waals surface area contributed by atoms with E-state index in [1.165, 1.54) is 29.1 Å². The minimum absolute atomic E-state index is 0.0382. The molecular formula is C23H29N3O3S. The van der Waals surface area contributed by atoms with Gasteiger partial charge in [0.25, 0.3) is 0 Å². The molecule has 0 aromatic heterocycles. The van der Waals surface area contributed by atoms with Crippen molar-refractivity contribution in [2.24, 2.45) is 0 Å². The maximum absolute atomic E-state index is 12.8.